The maximum Gasteiger partial charge on any atom is 0.249 e. The summed E-state index contributed by atoms with van der Waals surface area (Å²) >= 11 is 0. The molecule has 3 aromatic carbocycles. The van der Waals surface area contributed by atoms with E-state index in [0.717, 1.165) is 16.9 Å². The molecule has 0 unspecified atom stereocenters. The van der Waals surface area contributed by atoms with Gasteiger partial charge in [0.2, 0.25) is 5.91 Å². The van der Waals surface area contributed by atoms with Crippen molar-refractivity contribution in [2.24, 2.45) is 5.73 Å². The molecule has 7 nitrogen and oxygen atoms in total. The van der Waals surface area contributed by atoms with Crippen LogP contribution in [0, 0.1) is 0 Å². The summed E-state index contributed by atoms with van der Waals surface area (Å²) in [4.78, 5) is 12.4. The topological polar surface area (TPSA) is 103 Å². The van der Waals surface area contributed by atoms with Gasteiger partial charge in [0.05, 0.1) is 33.0 Å². The van der Waals surface area contributed by atoms with Crippen molar-refractivity contribution < 1.29 is 24.1 Å². The first-order chi connectivity index (χ1) is 16.5. The van der Waals surface area contributed by atoms with E-state index in [0.29, 0.717) is 36.6 Å². The number of primary amides is 1. The molecule has 0 fully saturated rings. The van der Waals surface area contributed by atoms with Crippen LogP contribution >= 0.6 is 0 Å². The van der Waals surface area contributed by atoms with E-state index >= 15 is 0 Å². The molecule has 180 valence electrons. The van der Waals surface area contributed by atoms with Crippen molar-refractivity contribution in [1.82, 2.24) is 5.32 Å². The van der Waals surface area contributed by atoms with Gasteiger partial charge in [-0.1, -0.05) is 42.5 Å². The normalized spacial score (nSPS) is 12.6. The second-order valence-corrected chi connectivity index (χ2v) is 8.00. The summed E-state index contributed by atoms with van der Waals surface area (Å²) in [5, 5.41) is 14.6. The number of nitrogens with two attached hydrogens (primary N) is 1. The second-order valence-electron chi connectivity index (χ2n) is 8.00. The molecule has 0 saturated carbocycles. The van der Waals surface area contributed by atoms with Crippen LogP contribution in [0.25, 0.3) is 0 Å². The zero-order valence-corrected chi connectivity index (χ0v) is 19.8. The molecular formula is C27H32N2O5. The molecule has 0 radical (unpaired) electrons. The van der Waals surface area contributed by atoms with E-state index in [-0.39, 0.29) is 5.56 Å². The van der Waals surface area contributed by atoms with Gasteiger partial charge in [-0.05, 0) is 35.7 Å². The Morgan fingerprint density at radius 2 is 1.62 bits per heavy atom. The summed E-state index contributed by atoms with van der Waals surface area (Å²) < 4.78 is 16.2. The number of hydrogen-bond donors (Lipinski definition) is 3. The summed E-state index contributed by atoms with van der Waals surface area (Å²) in [7, 11) is 4.66. The molecule has 7 heteroatoms. The minimum atomic E-state index is -0.828. The molecule has 0 aliphatic rings. The molecule has 0 saturated heterocycles. The van der Waals surface area contributed by atoms with E-state index in [4.69, 9.17) is 19.9 Å². The first kappa shape index (κ1) is 25.1. The fourth-order valence-electron chi connectivity index (χ4n) is 4.06. The van der Waals surface area contributed by atoms with E-state index in [9.17, 15) is 9.90 Å². The SMILES string of the molecule is COc1cccc(CNC[C@H](O)[C@@H](Cc2ccccc2)c2c(OC)cc(OC)cc2C(N)=O)c1. The van der Waals surface area contributed by atoms with Crippen molar-refractivity contribution >= 4 is 5.91 Å². The van der Waals surface area contributed by atoms with Crippen LogP contribution < -0.4 is 25.3 Å². The minimum Gasteiger partial charge on any atom is -0.497 e. The zero-order valence-electron chi connectivity index (χ0n) is 19.8. The third-order valence-corrected chi connectivity index (χ3v) is 5.79. The summed E-state index contributed by atoms with van der Waals surface area (Å²) in [6.07, 6.45) is -0.336. The Balaban J connectivity index is 1.91. The molecule has 4 N–H and O–H groups in total. The number of benzene rings is 3. The molecule has 0 spiro atoms. The van der Waals surface area contributed by atoms with Gasteiger partial charge >= 0.3 is 0 Å². The monoisotopic (exact) mass is 464 g/mol. The number of carbonyl (C=O) groups excluding carboxylic acids is 1. The van der Waals surface area contributed by atoms with Gasteiger partial charge in [0.1, 0.15) is 17.2 Å². The standard InChI is InChI=1S/C27H32N2O5/c1-32-20-11-7-10-19(12-20)16-29-17-24(30)22(13-18-8-5-4-6-9-18)26-23(27(28)31)14-21(33-2)15-25(26)34-3/h4-12,14-15,22,24,29-30H,13,16-17H2,1-3H3,(H2,28,31)/t22-,24+/m1/s1. The lowest BCUT2D eigenvalue weighted by Crippen LogP contribution is -2.34. The van der Waals surface area contributed by atoms with Gasteiger partial charge in [0, 0.05) is 30.6 Å². The Morgan fingerprint density at radius 1 is 0.912 bits per heavy atom. The van der Waals surface area contributed by atoms with Gasteiger partial charge in [-0.2, -0.15) is 0 Å². The van der Waals surface area contributed by atoms with Crippen molar-refractivity contribution in [2.75, 3.05) is 27.9 Å². The van der Waals surface area contributed by atoms with E-state index in [2.05, 4.69) is 5.32 Å². The molecule has 0 aliphatic heterocycles. The molecule has 0 heterocycles. The molecule has 0 aliphatic carbocycles. The van der Waals surface area contributed by atoms with E-state index < -0.39 is 17.9 Å². The number of carbonyl (C=O) groups is 1. The van der Waals surface area contributed by atoms with Crippen LogP contribution in [0.2, 0.25) is 0 Å². The van der Waals surface area contributed by atoms with Gasteiger partial charge in [-0.25, -0.2) is 0 Å². The molecular weight excluding hydrogens is 432 g/mol. The summed E-state index contributed by atoms with van der Waals surface area (Å²) in [5.74, 6) is 0.612. The number of aliphatic hydroxyl groups is 1. The third kappa shape index (κ3) is 6.27. The number of methoxy groups -OCH3 is 3. The predicted octanol–water partition coefficient (Wildman–Crippen LogP) is 3.29. The summed E-state index contributed by atoms with van der Waals surface area (Å²) in [6, 6.07) is 20.8. The molecule has 34 heavy (non-hydrogen) atoms. The first-order valence-electron chi connectivity index (χ1n) is 11.1. The van der Waals surface area contributed by atoms with Crippen LogP contribution in [0.15, 0.2) is 66.7 Å². The van der Waals surface area contributed by atoms with E-state index in [1.54, 1.807) is 19.2 Å². The van der Waals surface area contributed by atoms with Crippen LogP contribution in [0.1, 0.15) is 33.0 Å². The average Bonchev–Trinajstić information content (AvgIpc) is 2.87. The minimum absolute atomic E-state index is 0.268. The van der Waals surface area contributed by atoms with E-state index in [1.165, 1.54) is 14.2 Å². The highest BCUT2D eigenvalue weighted by atomic mass is 16.5. The fourth-order valence-corrected chi connectivity index (χ4v) is 4.06. The highest BCUT2D eigenvalue weighted by Crippen LogP contribution is 2.38. The number of hydrogen-bond acceptors (Lipinski definition) is 6. The molecule has 1 amide bonds. The largest absolute Gasteiger partial charge is 0.497 e. The number of rotatable bonds is 12. The van der Waals surface area contributed by atoms with Gasteiger partial charge < -0.3 is 30.4 Å². The van der Waals surface area contributed by atoms with Crippen LogP contribution in [0.4, 0.5) is 0 Å². The van der Waals surface area contributed by atoms with Crippen LogP contribution in [-0.4, -0.2) is 45.0 Å². The Morgan fingerprint density at radius 3 is 2.26 bits per heavy atom. The summed E-state index contributed by atoms with van der Waals surface area (Å²) in [6.45, 7) is 0.844. The lowest BCUT2D eigenvalue weighted by Gasteiger charge is -2.27. The Labute approximate surface area is 200 Å². The van der Waals surface area contributed by atoms with Crippen LogP contribution in [-0.2, 0) is 13.0 Å². The number of aliphatic hydroxyl groups excluding tert-OH is 1. The molecule has 3 aromatic rings. The predicted molar refractivity (Wildman–Crippen MR) is 132 cm³/mol. The zero-order chi connectivity index (χ0) is 24.5. The van der Waals surface area contributed by atoms with Crippen molar-refractivity contribution in [1.29, 1.82) is 0 Å². The Hall–Kier alpha value is -3.55. The van der Waals surface area contributed by atoms with E-state index in [1.807, 2.05) is 54.6 Å². The molecule has 0 bridgehead atoms. The van der Waals surface area contributed by atoms with Gasteiger partial charge in [0.15, 0.2) is 0 Å². The molecule has 0 aromatic heterocycles. The number of amides is 1. The lowest BCUT2D eigenvalue weighted by molar-refractivity contribution is 0.0994. The van der Waals surface area contributed by atoms with Crippen molar-refractivity contribution in [3.05, 3.63) is 89.0 Å². The van der Waals surface area contributed by atoms with Crippen molar-refractivity contribution in [2.45, 2.75) is 25.0 Å². The maximum absolute atomic E-state index is 12.4. The fraction of sp³-hybridized carbons (Fsp3) is 0.296. The van der Waals surface area contributed by atoms with Crippen molar-refractivity contribution in [3.63, 3.8) is 0 Å². The molecule has 2 atom stereocenters. The second kappa shape index (κ2) is 12.1. The van der Waals surface area contributed by atoms with Crippen LogP contribution in [0.5, 0.6) is 17.2 Å². The highest BCUT2D eigenvalue weighted by Gasteiger charge is 2.29. The molecule has 3 rings (SSSR count). The van der Waals surface area contributed by atoms with Crippen molar-refractivity contribution in [3.8, 4) is 17.2 Å². The number of ether oxygens (including phenoxy) is 3. The number of nitrogens with one attached hydrogen (secondary N) is 1. The lowest BCUT2D eigenvalue weighted by atomic mass is 9.83. The van der Waals surface area contributed by atoms with Gasteiger partial charge in [-0.15, -0.1) is 0 Å². The first-order valence-corrected chi connectivity index (χ1v) is 11.1. The third-order valence-electron chi connectivity index (χ3n) is 5.79. The quantitative estimate of drug-likeness (QED) is 0.380. The summed E-state index contributed by atoms with van der Waals surface area (Å²) in [5.41, 5.74) is 8.62. The maximum atomic E-state index is 12.4. The Kier molecular flexibility index (Phi) is 8.90. The smallest absolute Gasteiger partial charge is 0.249 e. The average molecular weight is 465 g/mol. The van der Waals surface area contributed by atoms with Crippen LogP contribution in [0.3, 0.4) is 0 Å². The van der Waals surface area contributed by atoms with Gasteiger partial charge in [0.25, 0.3) is 0 Å². The Bertz CT molecular complexity index is 1090. The highest BCUT2D eigenvalue weighted by molar-refractivity contribution is 5.96. The van der Waals surface area contributed by atoms with Gasteiger partial charge in [-0.3, -0.25) is 4.79 Å².